The van der Waals surface area contributed by atoms with Crippen molar-refractivity contribution in [2.45, 2.75) is 19.4 Å². The van der Waals surface area contributed by atoms with E-state index in [1.54, 1.807) is 19.4 Å². The van der Waals surface area contributed by atoms with Gasteiger partial charge in [-0.05, 0) is 25.9 Å². The van der Waals surface area contributed by atoms with Crippen LogP contribution >= 0.6 is 0 Å². The van der Waals surface area contributed by atoms with E-state index in [1.807, 2.05) is 0 Å². The van der Waals surface area contributed by atoms with E-state index in [0.29, 0.717) is 5.95 Å². The fourth-order valence-corrected chi connectivity index (χ4v) is 2.10. The summed E-state index contributed by atoms with van der Waals surface area (Å²) in [5.74, 6) is -0.440. The molecule has 0 saturated carbocycles. The zero-order chi connectivity index (χ0) is 13.0. The summed E-state index contributed by atoms with van der Waals surface area (Å²) in [5.41, 5.74) is 1.07. The van der Waals surface area contributed by atoms with Crippen molar-refractivity contribution in [1.82, 2.24) is 14.9 Å². The van der Waals surface area contributed by atoms with Gasteiger partial charge in [0.25, 0.3) is 0 Å². The number of likely N-dealkylation sites (tertiary alicyclic amines) is 1. The lowest BCUT2D eigenvalue weighted by molar-refractivity contribution is -0.135. The molecule has 0 radical (unpaired) electrons. The number of hydrogen-bond donors (Lipinski definition) is 1. The first-order chi connectivity index (χ1) is 8.65. The summed E-state index contributed by atoms with van der Waals surface area (Å²) in [5, 5.41) is 8.69. The topological polar surface area (TPSA) is 69.6 Å². The van der Waals surface area contributed by atoms with Crippen LogP contribution in [0.15, 0.2) is 12.4 Å². The Bertz CT molecular complexity index is 401. The highest BCUT2D eigenvalue weighted by atomic mass is 16.4. The second-order valence-electron chi connectivity index (χ2n) is 4.62. The molecule has 1 fully saturated rings. The number of rotatable bonds is 5. The number of nitrogens with zero attached hydrogens (tertiary/aromatic N) is 4. The van der Waals surface area contributed by atoms with Gasteiger partial charge in [0.2, 0.25) is 5.95 Å². The van der Waals surface area contributed by atoms with Gasteiger partial charge in [0.05, 0.1) is 0 Å². The maximum absolute atomic E-state index is 10.6. The fraction of sp³-hybridized carbons (Fsp3) is 0.583. The number of aliphatic carboxylic acids is 1. The number of aromatic nitrogens is 2. The fourth-order valence-electron chi connectivity index (χ4n) is 2.10. The van der Waals surface area contributed by atoms with E-state index in [9.17, 15) is 4.79 Å². The van der Waals surface area contributed by atoms with Crippen LogP contribution in [0, 0.1) is 0 Å². The Kier molecular flexibility index (Phi) is 4.09. The van der Waals surface area contributed by atoms with Crippen LogP contribution in [0.25, 0.3) is 0 Å². The number of likely N-dealkylation sites (N-methyl/N-ethyl adjacent to an activating group) is 1. The Morgan fingerprint density at radius 1 is 1.39 bits per heavy atom. The molecular formula is C12H18N4O2. The first-order valence-corrected chi connectivity index (χ1v) is 6.11. The van der Waals surface area contributed by atoms with Crippen molar-refractivity contribution in [1.29, 1.82) is 0 Å². The third-order valence-electron chi connectivity index (χ3n) is 3.01. The molecule has 2 rings (SSSR count). The molecule has 0 aliphatic carbocycles. The summed E-state index contributed by atoms with van der Waals surface area (Å²) in [6.45, 7) is 3.07. The Balaban J connectivity index is 1.94. The number of carboxylic acid groups (broad SMARTS) is 1. The third-order valence-corrected chi connectivity index (χ3v) is 3.01. The van der Waals surface area contributed by atoms with Gasteiger partial charge in [0.15, 0.2) is 0 Å². The Morgan fingerprint density at radius 3 is 2.56 bits per heavy atom. The minimum absolute atomic E-state index is 0.0918. The van der Waals surface area contributed by atoms with Gasteiger partial charge in [-0.15, -0.1) is 0 Å². The number of carboxylic acids is 1. The SMILES string of the molecule is CN(CC(=O)O)c1ncc(CN2CCCC2)cn1. The van der Waals surface area contributed by atoms with Crippen molar-refractivity contribution in [3.63, 3.8) is 0 Å². The van der Waals surface area contributed by atoms with Gasteiger partial charge >= 0.3 is 5.97 Å². The highest BCUT2D eigenvalue weighted by molar-refractivity contribution is 5.72. The maximum Gasteiger partial charge on any atom is 0.323 e. The van der Waals surface area contributed by atoms with Gasteiger partial charge in [0.1, 0.15) is 6.54 Å². The molecule has 0 unspecified atom stereocenters. The van der Waals surface area contributed by atoms with Crippen molar-refractivity contribution < 1.29 is 9.90 Å². The predicted molar refractivity (Wildman–Crippen MR) is 67.4 cm³/mol. The second kappa shape index (κ2) is 5.77. The van der Waals surface area contributed by atoms with E-state index < -0.39 is 5.97 Å². The van der Waals surface area contributed by atoms with E-state index >= 15 is 0 Å². The van der Waals surface area contributed by atoms with Crippen LogP contribution in [-0.2, 0) is 11.3 Å². The molecule has 0 aromatic carbocycles. The first kappa shape index (κ1) is 12.8. The van der Waals surface area contributed by atoms with E-state index in [2.05, 4.69) is 14.9 Å². The van der Waals surface area contributed by atoms with Crippen molar-refractivity contribution >= 4 is 11.9 Å². The molecule has 6 heteroatoms. The van der Waals surface area contributed by atoms with Gasteiger partial charge in [0, 0.05) is 31.5 Å². The molecule has 1 aromatic heterocycles. The molecule has 6 nitrogen and oxygen atoms in total. The molecule has 18 heavy (non-hydrogen) atoms. The quantitative estimate of drug-likeness (QED) is 0.825. The first-order valence-electron chi connectivity index (χ1n) is 6.11. The van der Waals surface area contributed by atoms with Crippen molar-refractivity contribution in [3.05, 3.63) is 18.0 Å². The van der Waals surface area contributed by atoms with Gasteiger partial charge in [-0.3, -0.25) is 9.69 Å². The summed E-state index contributed by atoms with van der Waals surface area (Å²) in [6.07, 6.45) is 6.08. The Morgan fingerprint density at radius 2 is 2.00 bits per heavy atom. The predicted octanol–water partition coefficient (Wildman–Crippen LogP) is 0.593. The van der Waals surface area contributed by atoms with Crippen molar-refractivity contribution in [3.8, 4) is 0 Å². The zero-order valence-electron chi connectivity index (χ0n) is 10.5. The number of carbonyl (C=O) groups is 1. The van der Waals surface area contributed by atoms with Gasteiger partial charge in [-0.1, -0.05) is 0 Å². The van der Waals surface area contributed by atoms with Crippen molar-refractivity contribution in [2.24, 2.45) is 0 Å². The zero-order valence-corrected chi connectivity index (χ0v) is 10.5. The molecule has 1 aliphatic rings. The van der Waals surface area contributed by atoms with E-state index in [4.69, 9.17) is 5.11 Å². The minimum Gasteiger partial charge on any atom is -0.480 e. The minimum atomic E-state index is -0.887. The van der Waals surface area contributed by atoms with Crippen LogP contribution in [0.5, 0.6) is 0 Å². The molecule has 1 saturated heterocycles. The van der Waals surface area contributed by atoms with Crippen LogP contribution in [0.4, 0.5) is 5.95 Å². The molecule has 0 bridgehead atoms. The molecule has 98 valence electrons. The summed E-state index contributed by atoms with van der Waals surface area (Å²) in [6, 6.07) is 0. The molecule has 0 amide bonds. The molecule has 1 aliphatic heterocycles. The number of anilines is 1. The lowest BCUT2D eigenvalue weighted by Gasteiger charge is -2.16. The lowest BCUT2D eigenvalue weighted by atomic mass is 10.3. The average molecular weight is 250 g/mol. The van der Waals surface area contributed by atoms with E-state index in [0.717, 1.165) is 25.2 Å². The normalized spacial score (nSPS) is 15.8. The molecule has 0 atom stereocenters. The van der Waals surface area contributed by atoms with Crippen LogP contribution in [0.1, 0.15) is 18.4 Å². The van der Waals surface area contributed by atoms with Gasteiger partial charge < -0.3 is 10.0 Å². The average Bonchev–Trinajstić information content (AvgIpc) is 2.82. The summed E-state index contributed by atoms with van der Waals surface area (Å²) in [4.78, 5) is 22.9. The molecule has 1 N–H and O–H groups in total. The number of hydrogen-bond acceptors (Lipinski definition) is 5. The highest BCUT2D eigenvalue weighted by Gasteiger charge is 2.13. The standard InChI is InChI=1S/C12H18N4O2/c1-15(9-11(17)18)12-13-6-10(7-14-12)8-16-4-2-3-5-16/h6-7H,2-5,8-9H2,1H3,(H,17,18). The van der Waals surface area contributed by atoms with E-state index in [1.165, 1.54) is 17.7 Å². The monoisotopic (exact) mass is 250 g/mol. The molecule has 1 aromatic rings. The van der Waals surface area contributed by atoms with Crippen LogP contribution in [-0.4, -0.2) is 52.6 Å². The highest BCUT2D eigenvalue weighted by Crippen LogP contribution is 2.12. The largest absolute Gasteiger partial charge is 0.480 e. The second-order valence-corrected chi connectivity index (χ2v) is 4.62. The van der Waals surface area contributed by atoms with Crippen LogP contribution < -0.4 is 4.90 Å². The van der Waals surface area contributed by atoms with Gasteiger partial charge in [-0.25, -0.2) is 9.97 Å². The third kappa shape index (κ3) is 3.40. The summed E-state index contributed by atoms with van der Waals surface area (Å²) >= 11 is 0. The Hall–Kier alpha value is -1.69. The van der Waals surface area contributed by atoms with Crippen LogP contribution in [0.3, 0.4) is 0 Å². The summed E-state index contributed by atoms with van der Waals surface area (Å²) < 4.78 is 0. The lowest BCUT2D eigenvalue weighted by Crippen LogP contribution is -2.27. The summed E-state index contributed by atoms with van der Waals surface area (Å²) in [7, 11) is 1.67. The molecular weight excluding hydrogens is 232 g/mol. The maximum atomic E-state index is 10.6. The van der Waals surface area contributed by atoms with Crippen LogP contribution in [0.2, 0.25) is 0 Å². The molecule has 0 spiro atoms. The van der Waals surface area contributed by atoms with Gasteiger partial charge in [-0.2, -0.15) is 0 Å². The smallest absolute Gasteiger partial charge is 0.323 e. The Labute approximate surface area is 106 Å². The molecule has 2 heterocycles. The van der Waals surface area contributed by atoms with E-state index in [-0.39, 0.29) is 6.54 Å². The van der Waals surface area contributed by atoms with Crippen molar-refractivity contribution in [2.75, 3.05) is 31.6 Å².